The van der Waals surface area contributed by atoms with Gasteiger partial charge in [0, 0.05) is 24.7 Å². The van der Waals surface area contributed by atoms with Crippen LogP contribution >= 0.6 is 11.3 Å². The molecule has 0 aliphatic rings. The number of anilines is 3. The van der Waals surface area contributed by atoms with E-state index >= 15 is 0 Å². The zero-order valence-corrected chi connectivity index (χ0v) is 23.8. The average Bonchev–Trinajstić information content (AvgIpc) is 3.36. The Morgan fingerprint density at radius 3 is 2.26 bits per heavy atom. The van der Waals surface area contributed by atoms with E-state index in [9.17, 15) is 14.4 Å². The van der Waals surface area contributed by atoms with Gasteiger partial charge in [-0.15, -0.1) is 0 Å². The Morgan fingerprint density at radius 2 is 1.67 bits per heavy atom. The molecule has 2 heterocycles. The van der Waals surface area contributed by atoms with Crippen LogP contribution in [0.15, 0.2) is 59.4 Å². The second kappa shape index (κ2) is 13.7. The van der Waals surface area contributed by atoms with E-state index in [2.05, 4.69) is 25.8 Å². The highest BCUT2D eigenvalue weighted by atomic mass is 32.1. The third-order valence-electron chi connectivity index (χ3n) is 5.33. The summed E-state index contributed by atoms with van der Waals surface area (Å²) in [5.74, 6) is -0.432. The van der Waals surface area contributed by atoms with Crippen LogP contribution in [-0.2, 0) is 11.3 Å². The van der Waals surface area contributed by atoms with Gasteiger partial charge in [0.2, 0.25) is 0 Å². The molecule has 3 aromatic rings. The highest BCUT2D eigenvalue weighted by Gasteiger charge is 2.19. The minimum atomic E-state index is -0.652. The number of benzene rings is 1. The molecule has 11 heteroatoms. The highest BCUT2D eigenvalue weighted by Crippen LogP contribution is 2.23. The molecule has 3 rings (SSSR count). The molecule has 0 aliphatic heterocycles. The number of aromatic nitrogens is 1. The first-order chi connectivity index (χ1) is 18.5. The lowest BCUT2D eigenvalue weighted by Crippen LogP contribution is -2.36. The fourth-order valence-electron chi connectivity index (χ4n) is 3.54. The average molecular weight is 553 g/mol. The summed E-state index contributed by atoms with van der Waals surface area (Å²) in [6.07, 6.45) is 1.79. The molecule has 0 atom stereocenters. The lowest BCUT2D eigenvalue weighted by molar-refractivity contribution is 0.0635. The number of para-hydroxylation sites is 2. The van der Waals surface area contributed by atoms with Crippen LogP contribution < -0.4 is 16.0 Å². The molecule has 39 heavy (non-hydrogen) atoms. The maximum Gasteiger partial charge on any atom is 0.412 e. The van der Waals surface area contributed by atoms with Crippen LogP contribution in [0.4, 0.5) is 26.7 Å². The van der Waals surface area contributed by atoms with E-state index < -0.39 is 17.6 Å². The van der Waals surface area contributed by atoms with Crippen LogP contribution in [0.1, 0.15) is 43.2 Å². The van der Waals surface area contributed by atoms with Crippen molar-refractivity contribution in [3.8, 4) is 0 Å². The maximum atomic E-state index is 12.9. The quantitative estimate of drug-likeness (QED) is 0.296. The smallest absolute Gasteiger partial charge is 0.412 e. The van der Waals surface area contributed by atoms with Crippen LogP contribution in [0.2, 0.25) is 0 Å². The first kappa shape index (κ1) is 29.6. The monoisotopic (exact) mass is 552 g/mol. The normalized spacial score (nSPS) is 11.1. The van der Waals surface area contributed by atoms with E-state index in [4.69, 9.17) is 4.74 Å². The van der Waals surface area contributed by atoms with Gasteiger partial charge in [0.1, 0.15) is 11.3 Å². The van der Waals surface area contributed by atoms with E-state index in [-0.39, 0.29) is 11.7 Å². The number of hydrogen-bond donors (Lipinski definition) is 3. The van der Waals surface area contributed by atoms with Crippen LogP contribution in [0, 0.1) is 0 Å². The molecule has 4 amide bonds. The molecular weight excluding hydrogens is 516 g/mol. The summed E-state index contributed by atoms with van der Waals surface area (Å²) in [6, 6.07) is 11.9. The van der Waals surface area contributed by atoms with Crippen molar-refractivity contribution in [1.82, 2.24) is 14.8 Å². The van der Waals surface area contributed by atoms with Gasteiger partial charge in [-0.25, -0.2) is 9.59 Å². The third-order valence-corrected chi connectivity index (χ3v) is 6.02. The summed E-state index contributed by atoms with van der Waals surface area (Å²) < 4.78 is 5.30. The van der Waals surface area contributed by atoms with E-state index in [0.717, 1.165) is 24.2 Å². The lowest BCUT2D eigenvalue weighted by Gasteiger charge is -2.24. The summed E-state index contributed by atoms with van der Waals surface area (Å²) in [5.41, 5.74) is 1.92. The van der Waals surface area contributed by atoms with Crippen molar-refractivity contribution in [1.29, 1.82) is 0 Å². The molecule has 2 aromatic heterocycles. The Kier molecular flexibility index (Phi) is 10.4. The molecule has 0 aliphatic carbocycles. The number of carbonyl (C=O) groups is 3. The van der Waals surface area contributed by atoms with Crippen molar-refractivity contribution in [2.45, 2.75) is 39.3 Å². The molecule has 10 nitrogen and oxygen atoms in total. The third kappa shape index (κ3) is 10.0. The van der Waals surface area contributed by atoms with Crippen molar-refractivity contribution in [2.24, 2.45) is 0 Å². The number of amides is 4. The molecule has 0 unspecified atom stereocenters. The summed E-state index contributed by atoms with van der Waals surface area (Å²) in [7, 11) is 3.99. The van der Waals surface area contributed by atoms with Crippen molar-refractivity contribution >= 4 is 46.4 Å². The first-order valence-corrected chi connectivity index (χ1v) is 13.5. The Balaban J connectivity index is 1.65. The molecule has 0 saturated heterocycles. The van der Waals surface area contributed by atoms with Gasteiger partial charge in [-0.05, 0) is 83.0 Å². The number of pyridine rings is 1. The number of nitrogens with one attached hydrogen (secondary N) is 3. The maximum absolute atomic E-state index is 12.9. The van der Waals surface area contributed by atoms with Crippen LogP contribution in [0.5, 0.6) is 0 Å². The van der Waals surface area contributed by atoms with Gasteiger partial charge in [0.25, 0.3) is 5.91 Å². The summed E-state index contributed by atoms with van der Waals surface area (Å²) >= 11 is 1.51. The zero-order chi connectivity index (χ0) is 28.4. The molecule has 0 saturated carbocycles. The van der Waals surface area contributed by atoms with Crippen LogP contribution in [0.3, 0.4) is 0 Å². The fraction of sp³-hybridized carbons (Fsp3) is 0.357. The Hall–Kier alpha value is -3.96. The van der Waals surface area contributed by atoms with Crippen molar-refractivity contribution in [2.75, 3.05) is 43.1 Å². The highest BCUT2D eigenvalue weighted by molar-refractivity contribution is 7.08. The van der Waals surface area contributed by atoms with Crippen LogP contribution in [0.25, 0.3) is 0 Å². The Morgan fingerprint density at radius 1 is 0.949 bits per heavy atom. The molecule has 208 valence electrons. The molecule has 0 bridgehead atoms. The number of hydrogen-bond acceptors (Lipinski definition) is 7. The minimum Gasteiger partial charge on any atom is -0.444 e. The van der Waals surface area contributed by atoms with Gasteiger partial charge in [-0.3, -0.25) is 15.1 Å². The van der Waals surface area contributed by atoms with Crippen LogP contribution in [-0.4, -0.2) is 65.6 Å². The minimum absolute atomic E-state index is 0.192. The topological polar surface area (TPSA) is 116 Å². The largest absolute Gasteiger partial charge is 0.444 e. The van der Waals surface area contributed by atoms with Crippen molar-refractivity contribution < 1.29 is 19.1 Å². The fourth-order valence-corrected chi connectivity index (χ4v) is 4.13. The summed E-state index contributed by atoms with van der Waals surface area (Å²) in [5, 5.41) is 12.2. The molecule has 0 spiro atoms. The standard InChI is InChI=1S/C28H36N6O4S/c1-28(2,3)38-27(37)32-23-10-7-6-9-22(23)31-25(35)24-12-11-20(17-29-24)18-34(15-8-14-33(4)5)26(36)30-21-13-16-39-19-21/h6-7,9-13,16-17,19H,8,14-15,18H2,1-5H3,(H,30,36)(H,31,35)(H,32,37). The number of ether oxygens (including phenoxy) is 1. The number of carbonyl (C=O) groups excluding carboxylic acids is 3. The van der Waals surface area contributed by atoms with Crippen molar-refractivity contribution in [3.05, 3.63) is 70.7 Å². The number of urea groups is 1. The Bertz CT molecular complexity index is 1240. The first-order valence-electron chi connectivity index (χ1n) is 12.6. The summed E-state index contributed by atoms with van der Waals surface area (Å²) in [6.45, 7) is 7.08. The SMILES string of the molecule is CN(C)CCCN(Cc1ccc(C(=O)Nc2ccccc2NC(=O)OC(C)(C)C)nc1)C(=O)Nc1ccsc1. The van der Waals surface area contributed by atoms with Crippen molar-refractivity contribution in [3.63, 3.8) is 0 Å². The predicted octanol–water partition coefficient (Wildman–Crippen LogP) is 5.73. The molecular formula is C28H36N6O4S. The second-order valence-electron chi connectivity index (χ2n) is 10.2. The molecule has 0 fully saturated rings. The molecule has 1 aromatic carbocycles. The Labute approximate surface area is 233 Å². The van der Waals surface area contributed by atoms with Gasteiger partial charge < -0.3 is 25.2 Å². The van der Waals surface area contributed by atoms with Gasteiger partial charge >= 0.3 is 12.1 Å². The van der Waals surface area contributed by atoms with Gasteiger partial charge in [-0.1, -0.05) is 18.2 Å². The van der Waals surface area contributed by atoms with Gasteiger partial charge in [0.15, 0.2) is 0 Å². The van der Waals surface area contributed by atoms with Gasteiger partial charge in [0.05, 0.1) is 17.1 Å². The van der Waals surface area contributed by atoms with Gasteiger partial charge in [-0.2, -0.15) is 11.3 Å². The van der Waals surface area contributed by atoms with E-state index in [1.165, 1.54) is 11.3 Å². The summed E-state index contributed by atoms with van der Waals surface area (Å²) in [4.78, 5) is 46.2. The number of rotatable bonds is 10. The zero-order valence-electron chi connectivity index (χ0n) is 23.0. The molecule has 3 N–H and O–H groups in total. The lowest BCUT2D eigenvalue weighted by atomic mass is 10.2. The second-order valence-corrected chi connectivity index (χ2v) is 11.0. The molecule has 0 radical (unpaired) electrons. The predicted molar refractivity (Wildman–Crippen MR) is 155 cm³/mol. The van der Waals surface area contributed by atoms with E-state index in [0.29, 0.717) is 24.5 Å². The van der Waals surface area contributed by atoms with E-state index in [1.54, 1.807) is 68.3 Å². The number of nitrogens with zero attached hydrogens (tertiary/aromatic N) is 3. The number of thiophene rings is 1. The van der Waals surface area contributed by atoms with E-state index in [1.807, 2.05) is 30.9 Å².